The van der Waals surface area contributed by atoms with E-state index in [1.54, 1.807) is 22.7 Å². The Morgan fingerprint density at radius 2 is 1.47 bits per heavy atom. The second-order valence-corrected chi connectivity index (χ2v) is 13.4. The zero-order valence-corrected chi connectivity index (χ0v) is 28.0. The Balaban J connectivity index is 0.919. The molecule has 1 fully saturated rings. The largest absolute Gasteiger partial charge is 0.363 e. The van der Waals surface area contributed by atoms with E-state index in [-0.39, 0.29) is 0 Å². The lowest BCUT2D eigenvalue weighted by molar-refractivity contribution is 0.949. The highest BCUT2D eigenvalue weighted by Gasteiger charge is 2.14. The molecule has 236 valence electrons. The number of anilines is 5. The predicted octanol–water partition coefficient (Wildman–Crippen LogP) is 11.0. The van der Waals surface area contributed by atoms with Gasteiger partial charge < -0.3 is 10.3 Å². The van der Waals surface area contributed by atoms with Crippen LogP contribution in [0.2, 0.25) is 0 Å². The maximum Gasteiger partial charge on any atom is 0.202 e. The van der Waals surface area contributed by atoms with Crippen LogP contribution in [0, 0.1) is 13.8 Å². The van der Waals surface area contributed by atoms with E-state index < -0.39 is 0 Å². The van der Waals surface area contributed by atoms with Crippen LogP contribution in [0.25, 0.3) is 22.4 Å². The molecule has 6 aromatic rings. The first-order valence-electron chi connectivity index (χ1n) is 15.7. The summed E-state index contributed by atoms with van der Waals surface area (Å²) in [7, 11) is 0. The van der Waals surface area contributed by atoms with Crippen LogP contribution in [0.5, 0.6) is 0 Å². The van der Waals surface area contributed by atoms with E-state index in [1.807, 2.05) is 50.2 Å². The molecule has 8 nitrogen and oxygen atoms in total. The van der Waals surface area contributed by atoms with Gasteiger partial charge in [-0.05, 0) is 97.5 Å². The fraction of sp³-hybridized carbons (Fsp3) is 0.162. The highest BCUT2D eigenvalue weighted by Crippen LogP contribution is 2.33. The third-order valence-electron chi connectivity index (χ3n) is 8.12. The van der Waals surface area contributed by atoms with Gasteiger partial charge in [0.2, 0.25) is 5.13 Å². The Morgan fingerprint density at radius 1 is 0.681 bits per heavy atom. The topological polar surface area (TPSA) is 89.0 Å². The van der Waals surface area contributed by atoms with Crippen LogP contribution in [0.15, 0.2) is 119 Å². The minimum absolute atomic E-state index is 0.790. The van der Waals surface area contributed by atoms with E-state index in [0.717, 1.165) is 68.4 Å². The number of nitrogens with one attached hydrogen (secondary N) is 4. The van der Waals surface area contributed by atoms with Gasteiger partial charge in [0.25, 0.3) is 0 Å². The molecule has 4 aromatic carbocycles. The number of thiazole rings is 1. The van der Waals surface area contributed by atoms with E-state index in [1.165, 1.54) is 29.0 Å². The summed E-state index contributed by atoms with van der Waals surface area (Å²) in [4.78, 5) is 7.22. The van der Waals surface area contributed by atoms with Crippen molar-refractivity contribution in [1.29, 1.82) is 0 Å². The van der Waals surface area contributed by atoms with Gasteiger partial charge in [-0.25, -0.2) is 4.98 Å². The van der Waals surface area contributed by atoms with Crippen LogP contribution in [0.1, 0.15) is 24.0 Å². The smallest absolute Gasteiger partial charge is 0.202 e. The molecule has 2 aromatic heterocycles. The number of hydrogen-bond donors (Lipinski definition) is 4. The Labute approximate surface area is 283 Å². The average molecular weight is 657 g/mol. The molecule has 0 aliphatic carbocycles. The second kappa shape index (κ2) is 14.1. The summed E-state index contributed by atoms with van der Waals surface area (Å²) >= 11 is 3.33. The molecule has 0 amide bonds. The molecule has 0 bridgehead atoms. The number of nitrogens with zero attached hydrogens (tertiary/aromatic N) is 4. The van der Waals surface area contributed by atoms with E-state index >= 15 is 0 Å². The Hall–Kier alpha value is -5.19. The number of benzene rings is 4. The molecule has 4 N–H and O–H groups in total. The summed E-state index contributed by atoms with van der Waals surface area (Å²) in [6, 6.07) is 35.3. The van der Waals surface area contributed by atoms with Gasteiger partial charge in [0.1, 0.15) is 5.00 Å². The van der Waals surface area contributed by atoms with Crippen molar-refractivity contribution in [2.45, 2.75) is 26.7 Å². The van der Waals surface area contributed by atoms with Crippen LogP contribution in [-0.2, 0) is 0 Å². The second-order valence-electron chi connectivity index (χ2n) is 11.5. The Bertz CT molecular complexity index is 1980. The molecule has 1 aliphatic rings. The molecule has 0 spiro atoms. The first-order chi connectivity index (χ1) is 23.1. The third kappa shape index (κ3) is 7.45. The van der Waals surface area contributed by atoms with Crippen LogP contribution in [0.3, 0.4) is 0 Å². The number of thiophene rings is 1. The summed E-state index contributed by atoms with van der Waals surface area (Å²) in [5.41, 5.74) is 23.2. The zero-order chi connectivity index (χ0) is 32.0. The van der Waals surface area contributed by atoms with Gasteiger partial charge in [0.15, 0.2) is 0 Å². The Kier molecular flexibility index (Phi) is 9.12. The Morgan fingerprint density at radius 3 is 2.26 bits per heavy atom. The number of hydrazine groups is 2. The average Bonchev–Trinajstić information content (AvgIpc) is 3.90. The van der Waals surface area contributed by atoms with Crippen LogP contribution >= 0.6 is 22.7 Å². The molecular formula is C37H36N8S2. The van der Waals surface area contributed by atoms with Crippen molar-refractivity contribution in [3.63, 3.8) is 0 Å². The van der Waals surface area contributed by atoms with Crippen molar-refractivity contribution in [2.75, 3.05) is 39.7 Å². The van der Waals surface area contributed by atoms with Gasteiger partial charge in [-0.2, -0.15) is 10.2 Å². The molecule has 3 heterocycles. The van der Waals surface area contributed by atoms with Gasteiger partial charge in [0.05, 0.1) is 33.4 Å². The number of aromatic nitrogens is 1. The number of azo groups is 1. The SMILES string of the molecule is Cc1cc(NNc2ccc(N3CCCC3)s2)ccc1N=Nc1ccc(NNc2nc(-c3ccc(-c4ccccc4)cc3)cs2)c(C)c1. The number of aryl methyl sites for hydroxylation is 2. The molecule has 0 radical (unpaired) electrons. The number of rotatable bonds is 11. The lowest BCUT2D eigenvalue weighted by Crippen LogP contribution is -2.15. The summed E-state index contributed by atoms with van der Waals surface area (Å²) in [5.74, 6) is 0. The standard InChI is InChI=1S/C37H36N8S2/c1-25-23-31(40-43-35-18-19-36(47-35)45-20-6-7-21-45)15-16-32(25)41-39-30-14-17-33(26(2)22-30)42-44-37-38-34(24-46-37)29-12-10-28(11-13-29)27-8-4-3-5-9-27/h3-5,8-19,22-24,40,42-43H,6-7,20-21H2,1-2H3,(H,38,44). The van der Waals surface area contributed by atoms with E-state index in [0.29, 0.717) is 0 Å². The van der Waals surface area contributed by atoms with Crippen molar-refractivity contribution in [3.05, 3.63) is 120 Å². The fourth-order valence-electron chi connectivity index (χ4n) is 5.49. The molecule has 1 aliphatic heterocycles. The third-order valence-corrected chi connectivity index (χ3v) is 9.93. The molecular weight excluding hydrogens is 621 g/mol. The quantitative estimate of drug-likeness (QED) is 0.0820. The summed E-state index contributed by atoms with van der Waals surface area (Å²) in [6.45, 7) is 6.40. The minimum atomic E-state index is 0.790. The van der Waals surface area contributed by atoms with Crippen molar-refractivity contribution in [3.8, 4) is 22.4 Å². The molecule has 0 unspecified atom stereocenters. The van der Waals surface area contributed by atoms with Crippen molar-refractivity contribution in [2.24, 2.45) is 10.2 Å². The first kappa shape index (κ1) is 30.5. The maximum atomic E-state index is 4.77. The normalized spacial score (nSPS) is 12.9. The maximum absolute atomic E-state index is 4.77. The van der Waals surface area contributed by atoms with E-state index in [9.17, 15) is 0 Å². The zero-order valence-electron chi connectivity index (χ0n) is 26.3. The van der Waals surface area contributed by atoms with Gasteiger partial charge in [-0.3, -0.25) is 16.3 Å². The van der Waals surface area contributed by atoms with Crippen LogP contribution in [-0.4, -0.2) is 18.1 Å². The molecule has 0 saturated carbocycles. The summed E-state index contributed by atoms with van der Waals surface area (Å²) in [5, 5.41) is 14.3. The molecule has 0 atom stereocenters. The summed E-state index contributed by atoms with van der Waals surface area (Å²) in [6.07, 6.45) is 2.56. The van der Waals surface area contributed by atoms with Gasteiger partial charge in [-0.1, -0.05) is 65.9 Å². The fourth-order valence-corrected chi connectivity index (χ4v) is 7.08. The predicted molar refractivity (Wildman–Crippen MR) is 200 cm³/mol. The lowest BCUT2D eigenvalue weighted by Gasteiger charge is -2.14. The van der Waals surface area contributed by atoms with Crippen molar-refractivity contribution < 1.29 is 0 Å². The lowest BCUT2D eigenvalue weighted by atomic mass is 10.0. The van der Waals surface area contributed by atoms with Crippen molar-refractivity contribution in [1.82, 2.24) is 4.98 Å². The molecule has 1 saturated heterocycles. The van der Waals surface area contributed by atoms with Crippen LogP contribution < -0.4 is 26.6 Å². The van der Waals surface area contributed by atoms with Gasteiger partial charge in [0, 0.05) is 24.0 Å². The van der Waals surface area contributed by atoms with Gasteiger partial charge >= 0.3 is 0 Å². The van der Waals surface area contributed by atoms with Gasteiger partial charge in [-0.15, -0.1) is 11.3 Å². The monoisotopic (exact) mass is 656 g/mol. The molecule has 47 heavy (non-hydrogen) atoms. The molecule has 7 rings (SSSR count). The summed E-state index contributed by atoms with van der Waals surface area (Å²) < 4.78 is 0. The van der Waals surface area contributed by atoms with E-state index in [4.69, 9.17) is 4.98 Å². The number of hydrogen-bond acceptors (Lipinski definition) is 10. The van der Waals surface area contributed by atoms with E-state index in [2.05, 4.69) is 109 Å². The van der Waals surface area contributed by atoms with Crippen LogP contribution in [0.4, 0.5) is 37.9 Å². The highest BCUT2D eigenvalue weighted by atomic mass is 32.1. The van der Waals surface area contributed by atoms with Crippen molar-refractivity contribution >= 4 is 60.6 Å². The first-order valence-corrected chi connectivity index (χ1v) is 17.4. The highest BCUT2D eigenvalue weighted by molar-refractivity contribution is 7.20. The molecule has 10 heteroatoms. The minimum Gasteiger partial charge on any atom is -0.363 e.